The number of hydroxylamine groups is 2. The van der Waals surface area contributed by atoms with Gasteiger partial charge in [-0.3, -0.25) is 14.5 Å². The monoisotopic (exact) mass is 707 g/mol. The van der Waals surface area contributed by atoms with Gasteiger partial charge >= 0.3 is 6.18 Å². The fourth-order valence-corrected chi connectivity index (χ4v) is 7.63. The van der Waals surface area contributed by atoms with Gasteiger partial charge in [-0.2, -0.15) is 18.2 Å². The first-order valence-corrected chi connectivity index (χ1v) is 17.6. The van der Waals surface area contributed by atoms with Crippen LogP contribution in [0.3, 0.4) is 0 Å². The molecule has 1 atom stereocenters. The molecule has 3 fully saturated rings. The first-order chi connectivity index (χ1) is 23.3. The first-order valence-electron chi connectivity index (χ1n) is 17.2. The number of amides is 2. The summed E-state index contributed by atoms with van der Waals surface area (Å²) in [6.07, 6.45) is -1.63. The number of likely N-dealkylation sites (N-methyl/N-ethyl adjacent to an activating group) is 1. The second-order valence-corrected chi connectivity index (χ2v) is 14.2. The molecule has 3 saturated heterocycles. The Bertz CT molecular complexity index is 1440. The number of halogens is 4. The van der Waals surface area contributed by atoms with Crippen LogP contribution in [0.1, 0.15) is 48.8 Å². The number of nitrogens with zero attached hydrogens (tertiary/aromatic N) is 5. The number of anilines is 2. The first kappa shape index (κ1) is 37.2. The Morgan fingerprint density at radius 1 is 0.959 bits per heavy atom. The lowest BCUT2D eigenvalue weighted by Gasteiger charge is -2.42. The van der Waals surface area contributed by atoms with Crippen LogP contribution < -0.4 is 11.5 Å². The van der Waals surface area contributed by atoms with Gasteiger partial charge in [0.15, 0.2) is 0 Å². The van der Waals surface area contributed by atoms with Gasteiger partial charge < -0.3 is 31.4 Å². The fraction of sp³-hybridized carbons (Fsp3) is 0.600. The smallest absolute Gasteiger partial charge is 0.399 e. The van der Waals surface area contributed by atoms with Crippen LogP contribution in [-0.4, -0.2) is 120 Å². The Balaban J connectivity index is 1.23. The van der Waals surface area contributed by atoms with Gasteiger partial charge in [-0.1, -0.05) is 29.8 Å². The predicted molar refractivity (Wildman–Crippen MR) is 184 cm³/mol. The molecule has 5 N–H and O–H groups in total. The van der Waals surface area contributed by atoms with Crippen LogP contribution in [0.4, 0.5) is 24.5 Å². The number of likely N-dealkylation sites (tertiary alicyclic amines) is 2. The number of nitrogens with two attached hydrogens (primary N) is 2. The van der Waals surface area contributed by atoms with Gasteiger partial charge in [0.2, 0.25) is 11.8 Å². The predicted octanol–water partition coefficient (Wildman–Crippen LogP) is 4.24. The average molecular weight is 708 g/mol. The van der Waals surface area contributed by atoms with E-state index in [1.807, 2.05) is 24.3 Å². The number of carbonyl (C=O) groups is 2. The molecule has 0 saturated carbocycles. The number of nitrogen functional groups attached to an aromatic ring is 2. The van der Waals surface area contributed by atoms with Gasteiger partial charge in [-0.15, -0.1) is 0 Å². The number of piperazine rings is 1. The highest BCUT2D eigenvalue weighted by atomic mass is 35.5. The maximum absolute atomic E-state index is 14.0. The number of hydrogen-bond acceptors (Lipinski definition) is 8. The maximum Gasteiger partial charge on any atom is 0.418 e. The van der Waals surface area contributed by atoms with Gasteiger partial charge in [-0.25, -0.2) is 0 Å². The van der Waals surface area contributed by atoms with E-state index in [1.54, 1.807) is 9.80 Å². The zero-order chi connectivity index (χ0) is 35.3. The molecule has 0 unspecified atom stereocenters. The summed E-state index contributed by atoms with van der Waals surface area (Å²) in [4.78, 5) is 36.0. The molecule has 3 heterocycles. The maximum atomic E-state index is 14.0. The summed E-state index contributed by atoms with van der Waals surface area (Å²) in [5.41, 5.74) is 11.9. The molecule has 2 amide bonds. The Labute approximate surface area is 291 Å². The van der Waals surface area contributed by atoms with Gasteiger partial charge in [0, 0.05) is 83.1 Å². The van der Waals surface area contributed by atoms with E-state index in [4.69, 9.17) is 23.1 Å². The minimum Gasteiger partial charge on any atom is -0.399 e. The second kappa shape index (κ2) is 16.3. The number of para-hydroxylation sites is 1. The van der Waals surface area contributed by atoms with E-state index in [0.717, 1.165) is 50.7 Å². The molecule has 49 heavy (non-hydrogen) atoms. The summed E-state index contributed by atoms with van der Waals surface area (Å²) >= 11 is 6.13. The van der Waals surface area contributed by atoms with Crippen molar-refractivity contribution < 1.29 is 28.0 Å². The van der Waals surface area contributed by atoms with E-state index < -0.39 is 23.3 Å². The molecule has 2 aromatic carbocycles. The van der Waals surface area contributed by atoms with Crippen LogP contribution in [0.5, 0.6) is 0 Å². The number of carbonyl (C=O) groups excluding carboxylic acids is 2. The molecule has 14 heteroatoms. The summed E-state index contributed by atoms with van der Waals surface area (Å²) in [7, 11) is 2.11. The quantitative estimate of drug-likeness (QED) is 0.248. The van der Waals surface area contributed by atoms with Gasteiger partial charge in [0.25, 0.3) is 0 Å². The summed E-state index contributed by atoms with van der Waals surface area (Å²) in [6.45, 7) is 6.24. The number of benzene rings is 2. The minimum absolute atomic E-state index is 0.0739. The number of piperidine rings is 2. The third-order valence-corrected chi connectivity index (χ3v) is 10.8. The molecule has 0 aromatic heterocycles. The number of alkyl halides is 3. The van der Waals surface area contributed by atoms with Crippen molar-refractivity contribution in [2.75, 3.05) is 77.4 Å². The molecular formula is C35H49ClF3N7O3. The van der Waals surface area contributed by atoms with Crippen LogP contribution in [0.25, 0.3) is 0 Å². The summed E-state index contributed by atoms with van der Waals surface area (Å²) < 4.78 is 41.4. The highest BCUT2D eigenvalue weighted by molar-refractivity contribution is 6.33. The van der Waals surface area contributed by atoms with Crippen LogP contribution >= 0.6 is 11.6 Å². The summed E-state index contributed by atoms with van der Waals surface area (Å²) in [5, 5.41) is 11.8. The van der Waals surface area contributed by atoms with Crippen LogP contribution in [0, 0.1) is 5.92 Å². The molecule has 2 aromatic rings. The molecule has 270 valence electrons. The normalized spacial score (nSPS) is 19.8. The Morgan fingerprint density at radius 3 is 2.22 bits per heavy atom. The third-order valence-electron chi connectivity index (χ3n) is 10.5. The van der Waals surface area contributed by atoms with Crippen LogP contribution in [-0.2, 0) is 28.6 Å². The molecule has 0 aliphatic carbocycles. The van der Waals surface area contributed by atoms with E-state index in [1.165, 1.54) is 11.1 Å². The number of rotatable bonds is 10. The molecular weight excluding hydrogens is 659 g/mol. The standard InChI is InChI=1S/C35H49ClF3N7O3/c1-42-16-18-43(19-17-42)27-7-13-45(14-8-27)34(48)26(20-24-21-29(35(37,38)39)33(41)30(36)22-24)23-32(47)44-11-9-28(10-12-44)46(49)15-6-25-4-2-3-5-31(25)40/h2-5,21-22,26-28,49H,6-20,23,40-41H2,1H3/t26-/m0/s1. The van der Waals surface area contributed by atoms with E-state index >= 15 is 0 Å². The van der Waals surface area contributed by atoms with E-state index in [9.17, 15) is 28.0 Å². The van der Waals surface area contributed by atoms with Crippen molar-refractivity contribution >= 4 is 34.8 Å². The third kappa shape index (κ3) is 9.57. The SMILES string of the molecule is CN1CCN(C2CCN(C(=O)[C@H](CC(=O)N3CCC(N(O)CCc4ccccc4N)CC3)Cc3cc(Cl)c(N)c(C(F)(F)F)c3)CC2)CC1. The van der Waals surface area contributed by atoms with Crippen molar-refractivity contribution in [2.45, 2.75) is 63.2 Å². The largest absolute Gasteiger partial charge is 0.418 e. The molecule has 3 aliphatic rings. The molecule has 5 rings (SSSR count). The van der Waals surface area contributed by atoms with Gasteiger partial charge in [0.1, 0.15) is 0 Å². The Kier molecular flexibility index (Phi) is 12.3. The van der Waals surface area contributed by atoms with Gasteiger partial charge in [-0.05, 0) is 74.9 Å². The zero-order valence-corrected chi connectivity index (χ0v) is 28.9. The molecule has 3 aliphatic heterocycles. The Hall–Kier alpha value is -3.10. The van der Waals surface area contributed by atoms with E-state index in [2.05, 4.69) is 16.8 Å². The highest BCUT2D eigenvalue weighted by Crippen LogP contribution is 2.38. The van der Waals surface area contributed by atoms with Gasteiger partial charge in [0.05, 0.1) is 22.2 Å². The van der Waals surface area contributed by atoms with Crippen molar-refractivity contribution in [1.82, 2.24) is 24.7 Å². The van der Waals surface area contributed by atoms with Crippen molar-refractivity contribution in [3.05, 3.63) is 58.1 Å². The van der Waals surface area contributed by atoms with Crippen LogP contribution in [0.2, 0.25) is 5.02 Å². The Morgan fingerprint density at radius 2 is 1.59 bits per heavy atom. The lowest BCUT2D eigenvalue weighted by atomic mass is 9.91. The lowest BCUT2D eigenvalue weighted by Crippen LogP contribution is -2.53. The average Bonchev–Trinajstić information content (AvgIpc) is 3.08. The van der Waals surface area contributed by atoms with Crippen LogP contribution in [0.15, 0.2) is 36.4 Å². The minimum atomic E-state index is -4.72. The van der Waals surface area contributed by atoms with Crippen molar-refractivity contribution in [3.63, 3.8) is 0 Å². The molecule has 10 nitrogen and oxygen atoms in total. The molecule has 0 radical (unpaired) electrons. The summed E-state index contributed by atoms with van der Waals surface area (Å²) in [5.74, 6) is -1.33. The topological polar surface area (TPSA) is 123 Å². The van der Waals surface area contributed by atoms with Crippen molar-refractivity contribution in [3.8, 4) is 0 Å². The van der Waals surface area contributed by atoms with E-state index in [0.29, 0.717) is 63.7 Å². The highest BCUT2D eigenvalue weighted by Gasteiger charge is 2.37. The molecule has 0 spiro atoms. The molecule has 0 bridgehead atoms. The number of hydrogen-bond donors (Lipinski definition) is 3. The lowest BCUT2D eigenvalue weighted by molar-refractivity contribution is -0.150. The zero-order valence-electron chi connectivity index (χ0n) is 28.2. The van der Waals surface area contributed by atoms with Crippen molar-refractivity contribution in [2.24, 2.45) is 5.92 Å². The second-order valence-electron chi connectivity index (χ2n) is 13.8. The van der Waals surface area contributed by atoms with E-state index in [-0.39, 0.29) is 41.3 Å². The summed E-state index contributed by atoms with van der Waals surface area (Å²) in [6, 6.07) is 10.1. The fourth-order valence-electron chi connectivity index (χ4n) is 7.39. The van der Waals surface area contributed by atoms with Crippen molar-refractivity contribution in [1.29, 1.82) is 0 Å².